The smallest absolute Gasteiger partial charge is 0.265 e. The van der Waals surface area contributed by atoms with Crippen molar-refractivity contribution in [2.75, 3.05) is 32.7 Å². The van der Waals surface area contributed by atoms with Gasteiger partial charge in [-0.05, 0) is 18.9 Å². The van der Waals surface area contributed by atoms with E-state index in [0.29, 0.717) is 13.1 Å². The molecular weight excluding hydrogens is 322 g/mol. The van der Waals surface area contributed by atoms with E-state index in [1.165, 1.54) is 11.3 Å². The zero-order valence-electron chi connectivity index (χ0n) is 13.9. The lowest BCUT2D eigenvalue weighted by Crippen LogP contribution is -2.36. The molecule has 0 aliphatic carbocycles. The second-order valence-electron chi connectivity index (χ2n) is 6.14. The third-order valence-electron chi connectivity index (χ3n) is 4.43. The molecule has 1 aromatic heterocycles. The van der Waals surface area contributed by atoms with Gasteiger partial charge in [0.15, 0.2) is 0 Å². The summed E-state index contributed by atoms with van der Waals surface area (Å²) in [5, 5.41) is 10.4. The summed E-state index contributed by atoms with van der Waals surface area (Å²) >= 11 is 1.41. The first-order valence-corrected chi connectivity index (χ1v) is 9.18. The largest absolute Gasteiger partial charge is 0.387 e. The summed E-state index contributed by atoms with van der Waals surface area (Å²) < 4.78 is 0. The molecule has 1 saturated heterocycles. The number of hydrogen-bond acceptors (Lipinski definition) is 5. The van der Waals surface area contributed by atoms with Crippen molar-refractivity contribution in [3.05, 3.63) is 52.0 Å². The fraction of sp³-hybridized carbons (Fsp3) is 0.444. The van der Waals surface area contributed by atoms with Crippen LogP contribution in [0.1, 0.15) is 33.5 Å². The molecule has 0 saturated carbocycles. The number of amides is 1. The Kier molecular flexibility index (Phi) is 5.60. The Balaban J connectivity index is 1.57. The first-order chi connectivity index (χ1) is 11.6. The summed E-state index contributed by atoms with van der Waals surface area (Å²) in [6.45, 7) is 5.62. The third kappa shape index (κ3) is 4.01. The van der Waals surface area contributed by atoms with Crippen LogP contribution < -0.4 is 0 Å². The van der Waals surface area contributed by atoms with Gasteiger partial charge in [0.2, 0.25) is 0 Å². The van der Waals surface area contributed by atoms with Crippen LogP contribution in [0.15, 0.2) is 35.8 Å². The molecule has 128 valence electrons. The van der Waals surface area contributed by atoms with Crippen LogP contribution in [0.4, 0.5) is 0 Å². The highest BCUT2D eigenvalue weighted by molar-refractivity contribution is 7.11. The Labute approximate surface area is 146 Å². The molecule has 2 aromatic rings. The Morgan fingerprint density at radius 1 is 1.25 bits per heavy atom. The van der Waals surface area contributed by atoms with E-state index in [1.807, 2.05) is 42.2 Å². The highest BCUT2D eigenvalue weighted by atomic mass is 32.1. The summed E-state index contributed by atoms with van der Waals surface area (Å²) in [5.74, 6) is 0.0838. The van der Waals surface area contributed by atoms with Gasteiger partial charge in [-0.1, -0.05) is 30.3 Å². The molecule has 3 rings (SSSR count). The van der Waals surface area contributed by atoms with Crippen molar-refractivity contribution in [3.63, 3.8) is 0 Å². The predicted molar refractivity (Wildman–Crippen MR) is 95.2 cm³/mol. The van der Waals surface area contributed by atoms with E-state index in [-0.39, 0.29) is 5.91 Å². The molecule has 24 heavy (non-hydrogen) atoms. The number of β-amino-alcohol motifs (C(OH)–C–C–N with tert-alkyl or cyclic N) is 1. The maximum Gasteiger partial charge on any atom is 0.265 e. The molecule has 2 heterocycles. The Morgan fingerprint density at radius 3 is 2.75 bits per heavy atom. The van der Waals surface area contributed by atoms with Gasteiger partial charge in [0.25, 0.3) is 5.91 Å². The van der Waals surface area contributed by atoms with Crippen molar-refractivity contribution >= 4 is 17.2 Å². The van der Waals surface area contributed by atoms with Crippen LogP contribution in [0.25, 0.3) is 0 Å². The van der Waals surface area contributed by atoms with Crippen molar-refractivity contribution in [1.29, 1.82) is 0 Å². The van der Waals surface area contributed by atoms with Gasteiger partial charge in [-0.25, -0.2) is 4.98 Å². The van der Waals surface area contributed by atoms with E-state index in [9.17, 15) is 9.90 Å². The van der Waals surface area contributed by atoms with Crippen LogP contribution in [0.2, 0.25) is 0 Å². The van der Waals surface area contributed by atoms with E-state index in [1.54, 1.807) is 5.51 Å². The summed E-state index contributed by atoms with van der Waals surface area (Å²) in [4.78, 5) is 21.7. The molecule has 5 nitrogen and oxygen atoms in total. The van der Waals surface area contributed by atoms with Crippen LogP contribution in [0.5, 0.6) is 0 Å². The third-order valence-corrected chi connectivity index (χ3v) is 5.35. The van der Waals surface area contributed by atoms with E-state index < -0.39 is 6.10 Å². The second kappa shape index (κ2) is 7.88. The maximum atomic E-state index is 12.6. The SMILES string of the molecule is Cc1ncsc1C(=O)N1CCCN(C[C@@H](O)c2ccccc2)CC1. The normalized spacial score (nSPS) is 17.5. The van der Waals surface area contributed by atoms with Gasteiger partial charge in [0.1, 0.15) is 4.88 Å². The number of aliphatic hydroxyl groups is 1. The van der Waals surface area contributed by atoms with E-state index in [2.05, 4.69) is 9.88 Å². The van der Waals surface area contributed by atoms with Gasteiger partial charge in [-0.3, -0.25) is 9.69 Å². The molecule has 0 radical (unpaired) electrons. The van der Waals surface area contributed by atoms with Crippen molar-refractivity contribution < 1.29 is 9.90 Å². The van der Waals surface area contributed by atoms with Gasteiger partial charge >= 0.3 is 0 Å². The molecule has 1 aliphatic heterocycles. The fourth-order valence-corrected chi connectivity index (χ4v) is 3.80. The lowest BCUT2D eigenvalue weighted by molar-refractivity contribution is 0.0758. The molecule has 1 aliphatic rings. The summed E-state index contributed by atoms with van der Waals surface area (Å²) in [5.41, 5.74) is 3.48. The first-order valence-electron chi connectivity index (χ1n) is 8.30. The van der Waals surface area contributed by atoms with Crippen molar-refractivity contribution in [2.24, 2.45) is 0 Å². The molecule has 1 N–H and O–H groups in total. The van der Waals surface area contributed by atoms with Gasteiger partial charge < -0.3 is 10.0 Å². The molecule has 0 unspecified atom stereocenters. The monoisotopic (exact) mass is 345 g/mol. The number of aliphatic hydroxyl groups excluding tert-OH is 1. The number of benzene rings is 1. The second-order valence-corrected chi connectivity index (χ2v) is 6.99. The van der Waals surface area contributed by atoms with Crippen LogP contribution in [0, 0.1) is 6.92 Å². The molecule has 1 fully saturated rings. The zero-order chi connectivity index (χ0) is 16.9. The molecule has 1 atom stereocenters. The Bertz CT molecular complexity index is 674. The maximum absolute atomic E-state index is 12.6. The Hall–Kier alpha value is -1.76. The number of carbonyl (C=O) groups excluding carboxylic acids is 1. The average molecular weight is 345 g/mol. The molecular formula is C18H23N3O2S. The minimum atomic E-state index is -0.489. The van der Waals surface area contributed by atoms with Crippen molar-refractivity contribution in [3.8, 4) is 0 Å². The van der Waals surface area contributed by atoms with E-state index >= 15 is 0 Å². The number of hydrogen-bond donors (Lipinski definition) is 1. The number of rotatable bonds is 4. The quantitative estimate of drug-likeness (QED) is 0.924. The highest BCUT2D eigenvalue weighted by Gasteiger charge is 2.23. The van der Waals surface area contributed by atoms with Gasteiger partial charge in [-0.15, -0.1) is 11.3 Å². The summed E-state index contributed by atoms with van der Waals surface area (Å²) in [7, 11) is 0. The highest BCUT2D eigenvalue weighted by Crippen LogP contribution is 2.18. The molecule has 6 heteroatoms. The number of aryl methyl sites for hydroxylation is 1. The van der Waals surface area contributed by atoms with E-state index in [0.717, 1.165) is 42.2 Å². The fourth-order valence-electron chi connectivity index (χ4n) is 3.03. The number of thiazole rings is 1. The summed E-state index contributed by atoms with van der Waals surface area (Å²) in [6, 6.07) is 9.74. The number of carbonyl (C=O) groups is 1. The van der Waals surface area contributed by atoms with Crippen molar-refractivity contribution in [1.82, 2.24) is 14.8 Å². The minimum absolute atomic E-state index is 0.0838. The van der Waals surface area contributed by atoms with Crippen LogP contribution in [-0.4, -0.2) is 58.5 Å². The summed E-state index contributed by atoms with van der Waals surface area (Å²) in [6.07, 6.45) is 0.433. The topological polar surface area (TPSA) is 56.7 Å². The molecule has 1 aromatic carbocycles. The number of nitrogens with zero attached hydrogens (tertiary/aromatic N) is 3. The van der Waals surface area contributed by atoms with Crippen molar-refractivity contribution in [2.45, 2.75) is 19.4 Å². The lowest BCUT2D eigenvalue weighted by atomic mass is 10.1. The minimum Gasteiger partial charge on any atom is -0.387 e. The van der Waals surface area contributed by atoms with Gasteiger partial charge in [-0.2, -0.15) is 0 Å². The first kappa shape index (κ1) is 17.1. The van der Waals surface area contributed by atoms with Gasteiger partial charge in [0, 0.05) is 32.7 Å². The van der Waals surface area contributed by atoms with Gasteiger partial charge in [0.05, 0.1) is 17.3 Å². The number of aromatic nitrogens is 1. The average Bonchev–Trinajstić information content (AvgIpc) is 2.89. The predicted octanol–water partition coefficient (Wildman–Crippen LogP) is 2.33. The van der Waals surface area contributed by atoms with Crippen LogP contribution in [-0.2, 0) is 0 Å². The lowest BCUT2D eigenvalue weighted by Gasteiger charge is -2.24. The van der Waals surface area contributed by atoms with E-state index in [4.69, 9.17) is 0 Å². The molecule has 0 bridgehead atoms. The Morgan fingerprint density at radius 2 is 2.04 bits per heavy atom. The standard InChI is InChI=1S/C18H23N3O2S/c1-14-17(24-13-19-14)18(23)21-9-5-8-20(10-11-21)12-16(22)15-6-3-2-4-7-15/h2-4,6-7,13,16,22H,5,8-12H2,1H3/t16-/m1/s1. The van der Waals surface area contributed by atoms with Crippen LogP contribution >= 0.6 is 11.3 Å². The zero-order valence-corrected chi connectivity index (χ0v) is 14.7. The molecule has 1 amide bonds. The van der Waals surface area contributed by atoms with Crippen LogP contribution in [0.3, 0.4) is 0 Å². The molecule has 0 spiro atoms.